The van der Waals surface area contributed by atoms with Gasteiger partial charge in [0.15, 0.2) is 0 Å². The minimum absolute atomic E-state index is 0.442. The molecule has 2 aliphatic rings. The second kappa shape index (κ2) is 7.60. The molecule has 0 radical (unpaired) electrons. The lowest BCUT2D eigenvalue weighted by Crippen LogP contribution is -2.29. The summed E-state index contributed by atoms with van der Waals surface area (Å²) in [5.41, 5.74) is 3.10. The zero-order valence-electron chi connectivity index (χ0n) is 17.3. The minimum Gasteiger partial charge on any atom is -0.370 e. The van der Waals surface area contributed by atoms with E-state index in [4.69, 9.17) is 0 Å². The molecule has 0 saturated carbocycles. The van der Waals surface area contributed by atoms with Gasteiger partial charge in [0, 0.05) is 42.6 Å². The van der Waals surface area contributed by atoms with E-state index in [1.54, 1.807) is 10.4 Å². The molecule has 3 aromatic carbocycles. The lowest BCUT2D eigenvalue weighted by atomic mass is 10.0. The molecule has 0 aliphatic carbocycles. The molecule has 0 atom stereocenters. The summed E-state index contributed by atoms with van der Waals surface area (Å²) in [7, 11) is -1.36. The van der Waals surface area contributed by atoms with Gasteiger partial charge in [-0.3, -0.25) is 4.31 Å². The van der Waals surface area contributed by atoms with Gasteiger partial charge in [-0.25, -0.2) is 8.42 Å². The largest absolute Gasteiger partial charge is 0.370 e. The Labute approximate surface area is 178 Å². The summed E-state index contributed by atoms with van der Waals surface area (Å²) in [6, 6.07) is 19.9. The van der Waals surface area contributed by atoms with Crippen LogP contribution in [-0.2, 0) is 16.4 Å². The molecular weight excluding hydrogens is 394 g/mol. The van der Waals surface area contributed by atoms with E-state index in [1.165, 1.54) is 0 Å². The lowest BCUT2D eigenvalue weighted by molar-refractivity contribution is 0.360. The van der Waals surface area contributed by atoms with E-state index in [2.05, 4.69) is 29.0 Å². The fourth-order valence-electron chi connectivity index (χ4n) is 4.69. The van der Waals surface area contributed by atoms with E-state index < -0.39 is 10.0 Å². The Kier molecular flexibility index (Phi) is 4.91. The molecule has 5 rings (SSSR count). The van der Waals surface area contributed by atoms with Gasteiger partial charge in [0.25, 0.3) is 10.0 Å². The molecule has 2 aliphatic heterocycles. The third kappa shape index (κ3) is 3.24. The van der Waals surface area contributed by atoms with Gasteiger partial charge in [0.1, 0.15) is 0 Å². The zero-order valence-corrected chi connectivity index (χ0v) is 18.1. The smallest absolute Gasteiger partial charge is 0.265 e. The molecule has 2 heterocycles. The maximum Gasteiger partial charge on any atom is 0.265 e. The van der Waals surface area contributed by atoms with Crippen molar-refractivity contribution < 1.29 is 8.42 Å². The Hall–Kier alpha value is -2.57. The molecule has 6 heteroatoms. The second-order valence-corrected chi connectivity index (χ2v) is 10.1. The van der Waals surface area contributed by atoms with E-state index in [0.717, 1.165) is 60.3 Å². The normalized spacial score (nSPS) is 18.7. The van der Waals surface area contributed by atoms with Crippen LogP contribution in [0.25, 0.3) is 10.8 Å². The van der Waals surface area contributed by atoms with Crippen LogP contribution in [0.3, 0.4) is 0 Å². The standard InChI is InChI=1S/C24H27N3O2S/c1-25-14-6-15-26(18-17-25)21-11-12-22-24-20(21)9-5-10-23(24)30(28,29)27(22)16-13-19-7-3-2-4-8-19/h2-5,7-12H,6,13-18H2,1H3. The first-order valence-electron chi connectivity index (χ1n) is 10.6. The predicted octanol–water partition coefficient (Wildman–Crippen LogP) is 3.73. The summed E-state index contributed by atoms with van der Waals surface area (Å²) in [4.78, 5) is 5.21. The van der Waals surface area contributed by atoms with Gasteiger partial charge in [0.05, 0.1) is 10.6 Å². The number of sulfonamides is 1. The number of hydrogen-bond donors (Lipinski definition) is 0. The zero-order chi connectivity index (χ0) is 20.7. The highest BCUT2D eigenvalue weighted by molar-refractivity contribution is 7.93. The lowest BCUT2D eigenvalue weighted by Gasteiger charge is -2.25. The average Bonchev–Trinajstić information content (AvgIpc) is 2.87. The van der Waals surface area contributed by atoms with Crippen LogP contribution in [0.1, 0.15) is 12.0 Å². The van der Waals surface area contributed by atoms with Crippen LogP contribution in [-0.4, -0.2) is 53.1 Å². The van der Waals surface area contributed by atoms with Gasteiger partial charge in [-0.15, -0.1) is 0 Å². The number of hydrogen-bond acceptors (Lipinski definition) is 4. The fourth-order valence-corrected chi connectivity index (χ4v) is 6.39. The van der Waals surface area contributed by atoms with Crippen molar-refractivity contribution in [1.29, 1.82) is 0 Å². The maximum atomic E-state index is 13.4. The van der Waals surface area contributed by atoms with Crippen molar-refractivity contribution in [3.05, 3.63) is 66.2 Å². The van der Waals surface area contributed by atoms with Gasteiger partial charge in [0.2, 0.25) is 0 Å². The van der Waals surface area contributed by atoms with Crippen molar-refractivity contribution in [3.8, 4) is 0 Å². The van der Waals surface area contributed by atoms with Crippen molar-refractivity contribution in [2.75, 3.05) is 49.0 Å². The number of benzene rings is 3. The Morgan fingerprint density at radius 3 is 2.47 bits per heavy atom. The van der Waals surface area contributed by atoms with Crippen LogP contribution in [0.4, 0.5) is 11.4 Å². The van der Waals surface area contributed by atoms with E-state index >= 15 is 0 Å². The molecule has 30 heavy (non-hydrogen) atoms. The van der Waals surface area contributed by atoms with Gasteiger partial charge >= 0.3 is 0 Å². The van der Waals surface area contributed by atoms with E-state index in [9.17, 15) is 8.42 Å². The topological polar surface area (TPSA) is 43.9 Å². The number of likely N-dealkylation sites (N-methyl/N-ethyl adjacent to an activating group) is 1. The number of rotatable bonds is 4. The van der Waals surface area contributed by atoms with Crippen molar-refractivity contribution >= 4 is 32.2 Å². The Morgan fingerprint density at radius 2 is 1.63 bits per heavy atom. The van der Waals surface area contributed by atoms with Crippen molar-refractivity contribution in [3.63, 3.8) is 0 Å². The first kappa shape index (κ1) is 19.4. The third-order valence-electron chi connectivity index (χ3n) is 6.30. The average molecular weight is 422 g/mol. The number of nitrogens with zero attached hydrogens (tertiary/aromatic N) is 3. The van der Waals surface area contributed by atoms with Crippen LogP contribution in [0, 0.1) is 0 Å². The first-order valence-corrected chi connectivity index (χ1v) is 12.1. The highest BCUT2D eigenvalue weighted by atomic mass is 32.2. The summed E-state index contributed by atoms with van der Waals surface area (Å²) in [6.45, 7) is 4.51. The molecular formula is C24H27N3O2S. The molecule has 0 aromatic heterocycles. The van der Waals surface area contributed by atoms with Crippen LogP contribution in [0.15, 0.2) is 65.6 Å². The molecule has 1 saturated heterocycles. The Morgan fingerprint density at radius 1 is 0.833 bits per heavy atom. The molecule has 0 N–H and O–H groups in total. The molecule has 1 fully saturated rings. The van der Waals surface area contributed by atoms with Crippen LogP contribution in [0.5, 0.6) is 0 Å². The van der Waals surface area contributed by atoms with Gasteiger partial charge in [-0.1, -0.05) is 42.5 Å². The SMILES string of the molecule is CN1CCCN(c2ccc3c4c(cccc24)S(=O)(=O)N3CCc2ccccc2)CC1. The first-order chi connectivity index (χ1) is 14.6. The van der Waals surface area contributed by atoms with E-state index in [0.29, 0.717) is 17.9 Å². The van der Waals surface area contributed by atoms with Crippen molar-refractivity contribution in [2.45, 2.75) is 17.7 Å². The fraction of sp³-hybridized carbons (Fsp3) is 0.333. The highest BCUT2D eigenvalue weighted by Gasteiger charge is 2.36. The third-order valence-corrected chi connectivity index (χ3v) is 8.16. The van der Waals surface area contributed by atoms with Crippen LogP contribution < -0.4 is 9.21 Å². The molecule has 0 bridgehead atoms. The summed E-state index contributed by atoms with van der Waals surface area (Å²) in [5, 5.41) is 1.92. The molecule has 0 unspecified atom stereocenters. The quantitative estimate of drug-likeness (QED) is 0.644. The van der Waals surface area contributed by atoms with Crippen molar-refractivity contribution in [1.82, 2.24) is 4.90 Å². The van der Waals surface area contributed by atoms with Gasteiger partial charge < -0.3 is 9.80 Å². The summed E-state index contributed by atoms with van der Waals surface area (Å²) in [6.07, 6.45) is 1.80. The van der Waals surface area contributed by atoms with Crippen LogP contribution >= 0.6 is 0 Å². The molecule has 0 amide bonds. The van der Waals surface area contributed by atoms with Crippen molar-refractivity contribution in [2.24, 2.45) is 0 Å². The van der Waals surface area contributed by atoms with Gasteiger partial charge in [-0.2, -0.15) is 0 Å². The minimum atomic E-state index is -3.53. The predicted molar refractivity (Wildman–Crippen MR) is 123 cm³/mol. The second-order valence-electron chi connectivity index (χ2n) is 8.24. The molecule has 3 aromatic rings. The summed E-state index contributed by atoms with van der Waals surface area (Å²) in [5.74, 6) is 0. The monoisotopic (exact) mass is 421 g/mol. The molecule has 0 spiro atoms. The van der Waals surface area contributed by atoms with E-state index in [-0.39, 0.29) is 0 Å². The summed E-state index contributed by atoms with van der Waals surface area (Å²) >= 11 is 0. The number of anilines is 2. The van der Waals surface area contributed by atoms with Crippen LogP contribution in [0.2, 0.25) is 0 Å². The van der Waals surface area contributed by atoms with Gasteiger partial charge in [-0.05, 0) is 50.2 Å². The molecule has 5 nitrogen and oxygen atoms in total. The Bertz CT molecular complexity index is 1180. The Balaban J connectivity index is 1.55. The van der Waals surface area contributed by atoms with E-state index in [1.807, 2.05) is 42.5 Å². The molecule has 156 valence electrons. The maximum absolute atomic E-state index is 13.4. The highest BCUT2D eigenvalue weighted by Crippen LogP contribution is 2.45. The summed E-state index contributed by atoms with van der Waals surface area (Å²) < 4.78 is 28.3.